The lowest BCUT2D eigenvalue weighted by atomic mass is 9.96. The summed E-state index contributed by atoms with van der Waals surface area (Å²) in [5.41, 5.74) is 4.30. The van der Waals surface area contributed by atoms with E-state index in [4.69, 9.17) is 9.97 Å². The maximum Gasteiger partial charge on any atom is 0.248 e. The zero-order chi connectivity index (χ0) is 26.7. The summed E-state index contributed by atoms with van der Waals surface area (Å²) in [4.78, 5) is 9.72. The molecule has 4 rings (SSSR count). The second kappa shape index (κ2) is 11.4. The Kier molecular flexibility index (Phi) is 8.42. The molecule has 2 aliphatic heterocycles. The molecule has 1 atom stereocenters. The van der Waals surface area contributed by atoms with Crippen molar-refractivity contribution in [2.45, 2.75) is 39.5 Å². The maximum absolute atomic E-state index is 13.0. The van der Waals surface area contributed by atoms with Crippen LogP contribution in [0.15, 0.2) is 44.5 Å². The van der Waals surface area contributed by atoms with Gasteiger partial charge in [-0.25, -0.2) is 22.7 Å². The molecule has 200 valence electrons. The van der Waals surface area contributed by atoms with E-state index in [2.05, 4.69) is 32.4 Å². The van der Waals surface area contributed by atoms with Crippen LogP contribution in [0, 0.1) is 0 Å². The molecule has 2 aliphatic rings. The second-order valence-corrected chi connectivity index (χ2v) is 13.0. The SMILES string of the molecule is C/C=C(/Nc1nc(C2CCCNC2)cn2c(C3=CCN(C)N=C3)cnc12)SC(=C(C)C)S(=O)(=O)N(C)C. The molecule has 0 radical (unpaired) electrons. The van der Waals surface area contributed by atoms with Crippen LogP contribution in [-0.2, 0) is 10.0 Å². The van der Waals surface area contributed by atoms with E-state index in [1.807, 2.05) is 51.3 Å². The fourth-order valence-corrected chi connectivity index (χ4v) is 6.87. The Morgan fingerprint density at radius 2 is 2.11 bits per heavy atom. The first kappa shape index (κ1) is 27.4. The van der Waals surface area contributed by atoms with Crippen molar-refractivity contribution in [1.29, 1.82) is 0 Å². The molecule has 37 heavy (non-hydrogen) atoms. The number of likely N-dealkylation sites (N-methyl/N-ethyl adjacent to an activating group) is 1. The highest BCUT2D eigenvalue weighted by Gasteiger charge is 2.26. The Balaban J connectivity index is 1.76. The molecule has 2 N–H and O–H groups in total. The van der Waals surface area contributed by atoms with Crippen molar-refractivity contribution in [1.82, 2.24) is 29.0 Å². The van der Waals surface area contributed by atoms with Crippen LogP contribution in [0.25, 0.3) is 11.2 Å². The largest absolute Gasteiger partial charge is 0.332 e. The average Bonchev–Trinajstić information content (AvgIpc) is 3.31. The van der Waals surface area contributed by atoms with Gasteiger partial charge in [0.25, 0.3) is 0 Å². The van der Waals surface area contributed by atoms with E-state index in [1.165, 1.54) is 16.1 Å². The van der Waals surface area contributed by atoms with Gasteiger partial charge in [-0.3, -0.25) is 9.41 Å². The highest BCUT2D eigenvalue weighted by atomic mass is 32.3. The summed E-state index contributed by atoms with van der Waals surface area (Å²) in [6.07, 6.45) is 11.9. The lowest BCUT2D eigenvalue weighted by molar-refractivity contribution is 0.394. The fraction of sp³-hybridized carbons (Fsp3) is 0.480. The summed E-state index contributed by atoms with van der Waals surface area (Å²) in [7, 11) is 1.42. The number of imidazole rings is 1. The zero-order valence-electron chi connectivity index (χ0n) is 22.3. The number of hydrogen-bond donors (Lipinski definition) is 2. The molecule has 1 saturated heterocycles. The van der Waals surface area contributed by atoms with E-state index < -0.39 is 10.0 Å². The molecule has 10 nitrogen and oxygen atoms in total. The van der Waals surface area contributed by atoms with Gasteiger partial charge in [0, 0.05) is 45.4 Å². The first-order chi connectivity index (χ1) is 17.6. The van der Waals surface area contributed by atoms with Gasteiger partial charge >= 0.3 is 0 Å². The molecule has 0 amide bonds. The average molecular weight is 545 g/mol. The van der Waals surface area contributed by atoms with E-state index in [1.54, 1.807) is 14.1 Å². The number of hydrogen-bond acceptors (Lipinski definition) is 9. The van der Waals surface area contributed by atoms with Gasteiger partial charge < -0.3 is 10.6 Å². The van der Waals surface area contributed by atoms with Gasteiger partial charge in [0.15, 0.2) is 11.5 Å². The molecule has 2 aromatic heterocycles. The summed E-state index contributed by atoms with van der Waals surface area (Å²) in [5.74, 6) is 0.869. The summed E-state index contributed by atoms with van der Waals surface area (Å²) in [6.45, 7) is 8.10. The van der Waals surface area contributed by atoms with Crippen LogP contribution in [-0.4, -0.2) is 79.1 Å². The molecular formula is C25H36N8O2S2. The van der Waals surface area contributed by atoms with Gasteiger partial charge in [-0.2, -0.15) is 5.10 Å². The number of thioether (sulfide) groups is 1. The van der Waals surface area contributed by atoms with Crippen molar-refractivity contribution in [3.63, 3.8) is 0 Å². The Morgan fingerprint density at radius 1 is 1.32 bits per heavy atom. The summed E-state index contributed by atoms with van der Waals surface area (Å²) in [5, 5.41) is 13.9. The van der Waals surface area contributed by atoms with Crippen LogP contribution in [0.4, 0.5) is 5.82 Å². The fourth-order valence-electron chi connectivity index (χ4n) is 4.22. The summed E-state index contributed by atoms with van der Waals surface area (Å²) in [6, 6.07) is 0. The minimum Gasteiger partial charge on any atom is -0.332 e. The highest BCUT2D eigenvalue weighted by molar-refractivity contribution is 8.20. The molecular weight excluding hydrogens is 508 g/mol. The van der Waals surface area contributed by atoms with Crippen molar-refractivity contribution < 1.29 is 8.42 Å². The number of nitrogens with zero attached hydrogens (tertiary/aromatic N) is 6. The zero-order valence-corrected chi connectivity index (χ0v) is 23.9. The van der Waals surface area contributed by atoms with Crippen molar-refractivity contribution >= 4 is 45.0 Å². The third kappa shape index (κ3) is 5.92. The minimum absolute atomic E-state index is 0.276. The van der Waals surface area contributed by atoms with E-state index in [0.717, 1.165) is 55.0 Å². The summed E-state index contributed by atoms with van der Waals surface area (Å²) >= 11 is 1.19. The van der Waals surface area contributed by atoms with Crippen molar-refractivity contribution in [2.75, 3.05) is 46.1 Å². The number of sulfonamides is 1. The van der Waals surface area contributed by atoms with Gasteiger partial charge in [0.2, 0.25) is 10.0 Å². The van der Waals surface area contributed by atoms with Gasteiger partial charge in [-0.15, -0.1) is 0 Å². The van der Waals surface area contributed by atoms with Crippen LogP contribution in [0.2, 0.25) is 0 Å². The van der Waals surface area contributed by atoms with Crippen LogP contribution in [0.1, 0.15) is 50.9 Å². The normalized spacial score (nSPS) is 18.9. The molecule has 0 spiro atoms. The van der Waals surface area contributed by atoms with Crippen molar-refractivity contribution in [3.05, 3.63) is 50.8 Å². The van der Waals surface area contributed by atoms with E-state index >= 15 is 0 Å². The molecule has 0 saturated carbocycles. The van der Waals surface area contributed by atoms with Gasteiger partial charge in [0.05, 0.1) is 35.4 Å². The predicted octanol–water partition coefficient (Wildman–Crippen LogP) is 3.66. The van der Waals surface area contributed by atoms with Gasteiger partial charge in [-0.05, 0) is 45.7 Å². The number of hydrazone groups is 1. The standard InChI is InChI=1S/C25H36N8O2S2/c1-7-22(36-25(17(2)3)37(34,35)31(4)5)30-23-24-27-15-21(19-10-12-32(6)28-14-19)33(24)16-20(29-23)18-9-8-11-26-13-18/h7,10,14-16,18,26H,8-9,11-13H2,1-6H3,(H,29,30)/b22-7-. The van der Waals surface area contributed by atoms with Crippen LogP contribution in [0.3, 0.4) is 0 Å². The van der Waals surface area contributed by atoms with Gasteiger partial charge in [-0.1, -0.05) is 23.9 Å². The molecule has 0 aromatic carbocycles. The minimum atomic E-state index is -3.60. The third-order valence-corrected chi connectivity index (χ3v) is 10.2. The molecule has 1 unspecified atom stereocenters. The number of allylic oxidation sites excluding steroid dienone is 3. The Hall–Kier alpha value is -2.67. The summed E-state index contributed by atoms with van der Waals surface area (Å²) < 4.78 is 29.6. The molecule has 1 fully saturated rings. The lowest BCUT2D eigenvalue weighted by Gasteiger charge is -2.24. The predicted molar refractivity (Wildman–Crippen MR) is 153 cm³/mol. The van der Waals surface area contributed by atoms with Crippen LogP contribution < -0.4 is 10.6 Å². The van der Waals surface area contributed by atoms with Gasteiger partial charge in [0.1, 0.15) is 4.24 Å². The van der Waals surface area contributed by atoms with Crippen LogP contribution in [0.5, 0.6) is 0 Å². The Labute approximate surface area is 223 Å². The maximum atomic E-state index is 13.0. The molecule has 0 aliphatic carbocycles. The number of aromatic nitrogens is 3. The van der Waals surface area contributed by atoms with Crippen molar-refractivity contribution in [2.24, 2.45) is 5.10 Å². The first-order valence-corrected chi connectivity index (χ1v) is 14.6. The topological polar surface area (TPSA) is 107 Å². The number of anilines is 1. The van der Waals surface area contributed by atoms with E-state index in [9.17, 15) is 8.42 Å². The molecule has 0 bridgehead atoms. The monoisotopic (exact) mass is 544 g/mol. The first-order valence-electron chi connectivity index (χ1n) is 12.4. The molecule has 2 aromatic rings. The number of fused-ring (bicyclic) bond motifs is 1. The highest BCUT2D eigenvalue weighted by Crippen LogP contribution is 2.35. The Morgan fingerprint density at radius 3 is 2.70 bits per heavy atom. The molecule has 4 heterocycles. The smallest absolute Gasteiger partial charge is 0.248 e. The number of nitrogens with one attached hydrogen (secondary N) is 2. The van der Waals surface area contributed by atoms with E-state index in [0.29, 0.717) is 20.7 Å². The molecule has 12 heteroatoms. The van der Waals surface area contributed by atoms with Crippen LogP contribution >= 0.6 is 11.8 Å². The van der Waals surface area contributed by atoms with Crippen molar-refractivity contribution in [3.8, 4) is 0 Å². The lowest BCUT2D eigenvalue weighted by Crippen LogP contribution is -2.29. The van der Waals surface area contributed by atoms with E-state index in [-0.39, 0.29) is 5.92 Å². The quantitative estimate of drug-likeness (QED) is 0.519. The number of piperidine rings is 1. The Bertz CT molecular complexity index is 1380. The third-order valence-electron chi connectivity index (χ3n) is 6.32. The number of rotatable bonds is 8. The second-order valence-electron chi connectivity index (χ2n) is 9.59.